The van der Waals surface area contributed by atoms with E-state index in [1.165, 1.54) is 30.3 Å². The molecule has 0 aliphatic heterocycles. The van der Waals surface area contributed by atoms with Crippen LogP contribution in [0.5, 0.6) is 0 Å². The minimum absolute atomic E-state index is 0.0455. The maximum absolute atomic E-state index is 13.2. The zero-order valence-corrected chi connectivity index (χ0v) is 14.6. The van der Waals surface area contributed by atoms with Gasteiger partial charge in [-0.15, -0.1) is 0 Å². The molecule has 2 rings (SSSR count). The van der Waals surface area contributed by atoms with E-state index in [1.807, 2.05) is 0 Å². The van der Waals surface area contributed by atoms with Gasteiger partial charge in [0.1, 0.15) is 0 Å². The van der Waals surface area contributed by atoms with E-state index in [0.717, 1.165) is 0 Å². The number of amides is 3. The second-order valence-electron chi connectivity index (χ2n) is 5.20. The maximum atomic E-state index is 13.2. The van der Waals surface area contributed by atoms with Crippen LogP contribution in [0.25, 0.3) is 0 Å². The van der Waals surface area contributed by atoms with Crippen LogP contribution in [0.2, 0.25) is 0 Å². The van der Waals surface area contributed by atoms with Crippen LogP contribution >= 0.6 is 15.9 Å². The molecule has 0 heterocycles. The van der Waals surface area contributed by atoms with Crippen LogP contribution in [0.15, 0.2) is 46.9 Å². The van der Waals surface area contributed by atoms with Crippen molar-refractivity contribution in [1.29, 1.82) is 0 Å². The quantitative estimate of drug-likeness (QED) is 0.632. The molecule has 4 nitrogen and oxygen atoms in total. The molecule has 2 N–H and O–H groups in total. The van der Waals surface area contributed by atoms with E-state index in [2.05, 4.69) is 15.9 Å². The van der Waals surface area contributed by atoms with E-state index in [-0.39, 0.29) is 22.6 Å². The summed E-state index contributed by atoms with van der Waals surface area (Å²) in [6.07, 6.45) is -10.3. The highest BCUT2D eigenvalue weighted by Crippen LogP contribution is 2.44. The number of carbonyl (C=O) groups excluding carboxylic acids is 2. The zero-order chi connectivity index (χ0) is 20.6. The first-order chi connectivity index (χ1) is 12.3. The Morgan fingerprint density at radius 1 is 0.926 bits per heavy atom. The third-order valence-corrected chi connectivity index (χ3v) is 4.20. The van der Waals surface area contributed by atoms with Crippen LogP contribution in [0.3, 0.4) is 0 Å². The van der Waals surface area contributed by atoms with Crippen LogP contribution in [-0.4, -0.2) is 11.9 Å². The molecule has 0 bridgehead atoms. The van der Waals surface area contributed by atoms with E-state index in [0.29, 0.717) is 0 Å². The van der Waals surface area contributed by atoms with Crippen molar-refractivity contribution in [3.63, 3.8) is 0 Å². The van der Waals surface area contributed by atoms with E-state index < -0.39 is 45.6 Å². The standard InChI is InChI=1S/C16H9BrF6N2O2/c17-12-10(16(21,22)23)6-9(15(18,19)20)7-11(12)25(14(24)27)13(26)8-4-2-1-3-5-8/h1-7H,(H2,24,27). The molecule has 0 atom stereocenters. The van der Waals surface area contributed by atoms with Crippen molar-refractivity contribution in [2.75, 3.05) is 4.90 Å². The Kier molecular flexibility index (Phi) is 5.55. The van der Waals surface area contributed by atoms with Gasteiger partial charge in [0, 0.05) is 5.56 Å². The second kappa shape index (κ2) is 7.22. The number of primary amides is 1. The summed E-state index contributed by atoms with van der Waals surface area (Å²) in [5.74, 6) is -1.18. The van der Waals surface area contributed by atoms with Crippen LogP contribution in [0.4, 0.5) is 36.8 Å². The van der Waals surface area contributed by atoms with Gasteiger partial charge in [0.25, 0.3) is 5.91 Å². The van der Waals surface area contributed by atoms with Gasteiger partial charge in [-0.1, -0.05) is 18.2 Å². The molecule has 2 aromatic rings. The van der Waals surface area contributed by atoms with Gasteiger partial charge in [-0.3, -0.25) is 4.79 Å². The first-order valence-electron chi connectivity index (χ1n) is 7.01. The second-order valence-corrected chi connectivity index (χ2v) is 5.99. The normalized spacial score (nSPS) is 12.0. The van der Waals surface area contributed by atoms with Crippen molar-refractivity contribution < 1.29 is 35.9 Å². The molecule has 0 spiro atoms. The Bertz CT molecular complexity index is 881. The van der Waals surface area contributed by atoms with E-state index in [1.54, 1.807) is 0 Å². The molecule has 0 aliphatic rings. The van der Waals surface area contributed by atoms with Crippen LogP contribution in [-0.2, 0) is 12.4 Å². The Hall–Kier alpha value is -2.56. The number of rotatable bonds is 2. The summed E-state index contributed by atoms with van der Waals surface area (Å²) >= 11 is 2.54. The van der Waals surface area contributed by atoms with Crippen molar-refractivity contribution in [1.82, 2.24) is 0 Å². The number of hydrogen-bond acceptors (Lipinski definition) is 2. The van der Waals surface area contributed by atoms with Crippen LogP contribution < -0.4 is 10.6 Å². The summed E-state index contributed by atoms with van der Waals surface area (Å²) in [5.41, 5.74) is 0.542. The van der Waals surface area contributed by atoms with Gasteiger partial charge in [0.05, 0.1) is 21.3 Å². The van der Waals surface area contributed by atoms with E-state index >= 15 is 0 Å². The number of carbonyl (C=O) groups is 2. The van der Waals surface area contributed by atoms with Gasteiger partial charge in [0.15, 0.2) is 0 Å². The third kappa shape index (κ3) is 4.41. The molecule has 2 aromatic carbocycles. The largest absolute Gasteiger partial charge is 0.417 e. The Labute approximate surface area is 156 Å². The smallest absolute Gasteiger partial charge is 0.351 e. The molecule has 0 aromatic heterocycles. The minimum atomic E-state index is -5.19. The van der Waals surface area contributed by atoms with Gasteiger partial charge >= 0.3 is 18.4 Å². The molecule has 0 unspecified atom stereocenters. The zero-order valence-electron chi connectivity index (χ0n) is 13.0. The van der Waals surface area contributed by atoms with Crippen LogP contribution in [0, 0.1) is 0 Å². The minimum Gasteiger partial charge on any atom is -0.351 e. The van der Waals surface area contributed by atoms with Crippen molar-refractivity contribution in [3.05, 3.63) is 63.6 Å². The predicted octanol–water partition coefficient (Wildman–Crippen LogP) is 5.21. The SMILES string of the molecule is NC(=O)N(C(=O)c1ccccc1)c1cc(C(F)(F)F)cc(C(F)(F)F)c1Br. The number of nitrogens with two attached hydrogens (primary N) is 1. The summed E-state index contributed by atoms with van der Waals surface area (Å²) in [6, 6.07) is 5.34. The van der Waals surface area contributed by atoms with E-state index in [9.17, 15) is 35.9 Å². The first kappa shape index (κ1) is 20.7. The van der Waals surface area contributed by atoms with Gasteiger partial charge in [-0.2, -0.15) is 26.3 Å². The summed E-state index contributed by atoms with van der Waals surface area (Å²) < 4.78 is 77.7. The van der Waals surface area contributed by atoms with Crippen molar-refractivity contribution in [2.45, 2.75) is 12.4 Å². The number of imide groups is 1. The maximum Gasteiger partial charge on any atom is 0.417 e. The van der Waals surface area contributed by atoms with Gasteiger partial charge < -0.3 is 5.73 Å². The molecule has 144 valence electrons. The van der Waals surface area contributed by atoms with Gasteiger partial charge in [-0.05, 0) is 40.2 Å². The molecule has 0 saturated carbocycles. The average Bonchev–Trinajstić information content (AvgIpc) is 2.54. The number of benzene rings is 2. The molecule has 0 saturated heterocycles. The summed E-state index contributed by atoms with van der Waals surface area (Å²) in [7, 11) is 0. The Morgan fingerprint density at radius 3 is 1.93 bits per heavy atom. The third-order valence-electron chi connectivity index (χ3n) is 3.37. The molecule has 27 heavy (non-hydrogen) atoms. The fourth-order valence-electron chi connectivity index (χ4n) is 2.18. The lowest BCUT2D eigenvalue weighted by Crippen LogP contribution is -2.41. The lowest BCUT2D eigenvalue weighted by atomic mass is 10.1. The van der Waals surface area contributed by atoms with Crippen molar-refractivity contribution in [2.24, 2.45) is 5.73 Å². The summed E-state index contributed by atoms with van der Waals surface area (Å²) in [5, 5.41) is 0. The first-order valence-corrected chi connectivity index (χ1v) is 7.80. The fraction of sp³-hybridized carbons (Fsp3) is 0.125. The molecule has 11 heteroatoms. The average molecular weight is 455 g/mol. The molecular formula is C16H9BrF6N2O2. The highest BCUT2D eigenvalue weighted by atomic mass is 79.9. The lowest BCUT2D eigenvalue weighted by Gasteiger charge is -2.23. The number of halogens is 7. The molecule has 3 amide bonds. The topological polar surface area (TPSA) is 63.4 Å². The highest BCUT2D eigenvalue weighted by Gasteiger charge is 2.41. The Morgan fingerprint density at radius 2 is 1.48 bits per heavy atom. The summed E-state index contributed by atoms with van der Waals surface area (Å²) in [6.45, 7) is 0. The highest BCUT2D eigenvalue weighted by molar-refractivity contribution is 9.10. The van der Waals surface area contributed by atoms with Crippen LogP contribution in [0.1, 0.15) is 21.5 Å². The lowest BCUT2D eigenvalue weighted by molar-refractivity contribution is -0.143. The number of alkyl halides is 6. The Balaban J connectivity index is 2.76. The van der Waals surface area contributed by atoms with Gasteiger partial charge in [0.2, 0.25) is 0 Å². The number of anilines is 1. The fourth-order valence-corrected chi connectivity index (χ4v) is 2.81. The van der Waals surface area contributed by atoms with Gasteiger partial charge in [-0.25, -0.2) is 9.69 Å². The molecule has 0 radical (unpaired) electrons. The molecule has 0 fully saturated rings. The number of hydrogen-bond donors (Lipinski definition) is 1. The molecule has 0 aliphatic carbocycles. The molecular weight excluding hydrogens is 446 g/mol. The summed E-state index contributed by atoms with van der Waals surface area (Å²) in [4.78, 5) is 24.3. The number of nitrogens with zero attached hydrogens (tertiary/aromatic N) is 1. The predicted molar refractivity (Wildman–Crippen MR) is 87.0 cm³/mol. The van der Waals surface area contributed by atoms with Crippen molar-refractivity contribution >= 4 is 33.6 Å². The van der Waals surface area contributed by atoms with Crippen molar-refractivity contribution in [3.8, 4) is 0 Å². The van der Waals surface area contributed by atoms with E-state index in [4.69, 9.17) is 5.73 Å². The monoisotopic (exact) mass is 454 g/mol. The number of urea groups is 1.